The van der Waals surface area contributed by atoms with Gasteiger partial charge in [0.2, 0.25) is 17.7 Å². The second kappa shape index (κ2) is 19.1. The molecule has 5 aromatic carbocycles. The van der Waals surface area contributed by atoms with Crippen molar-refractivity contribution in [3.8, 4) is 46.0 Å². The summed E-state index contributed by atoms with van der Waals surface area (Å²) < 4.78 is 30.0. The third kappa shape index (κ3) is 10.1. The standard InChI is InChI=1S/C28H24N4O4.C19H19NO2/c1-20-25(29-27(36-20)22-8-4-2-5-9-22)16-17-34-24-14-12-21(13-15-24)18-26-28(35-19-33)32(31-30-26)23-10-6-3-7-11-23;1-14-8-10-17(11-9-14)21-13-12-18-15(2)22-19(20-18)16-6-4-3-5-7-16/h2-15,19H,16-18H2,1H3;3-11H,12-13H2,1-2H3. The van der Waals surface area contributed by atoms with Crippen LogP contribution in [0.15, 0.2) is 148 Å². The Bertz CT molecular complexity index is 2500. The summed E-state index contributed by atoms with van der Waals surface area (Å²) in [5, 5.41) is 8.39. The van der Waals surface area contributed by atoms with Crippen LogP contribution in [0.2, 0.25) is 0 Å². The zero-order chi connectivity index (χ0) is 40.1. The summed E-state index contributed by atoms with van der Waals surface area (Å²) in [7, 11) is 0. The van der Waals surface area contributed by atoms with E-state index in [1.165, 1.54) is 10.2 Å². The second-order valence-corrected chi connectivity index (χ2v) is 13.4. The van der Waals surface area contributed by atoms with Crippen LogP contribution >= 0.6 is 0 Å². The number of nitrogens with zero attached hydrogens (tertiary/aromatic N) is 5. The summed E-state index contributed by atoms with van der Waals surface area (Å²) in [5.74, 6) is 4.87. The molecule has 0 aliphatic rings. The fourth-order valence-corrected chi connectivity index (χ4v) is 6.11. The monoisotopic (exact) mass is 773 g/mol. The lowest BCUT2D eigenvalue weighted by Crippen LogP contribution is -2.03. The molecule has 3 heterocycles. The van der Waals surface area contributed by atoms with Gasteiger partial charge in [-0.15, -0.1) is 5.10 Å². The largest absolute Gasteiger partial charge is 0.493 e. The highest BCUT2D eigenvalue weighted by Gasteiger charge is 2.17. The molecule has 0 aliphatic heterocycles. The molecular weight excluding hydrogens is 731 g/mol. The number of carbonyl (C=O) groups excluding carboxylic acids is 1. The van der Waals surface area contributed by atoms with Gasteiger partial charge in [-0.1, -0.05) is 89.6 Å². The van der Waals surface area contributed by atoms with E-state index in [-0.39, 0.29) is 0 Å². The molecule has 0 aliphatic carbocycles. The smallest absolute Gasteiger partial charge is 0.299 e. The molecule has 292 valence electrons. The Morgan fingerprint density at radius 2 is 1.07 bits per heavy atom. The van der Waals surface area contributed by atoms with Gasteiger partial charge in [0.1, 0.15) is 28.7 Å². The van der Waals surface area contributed by atoms with E-state index in [9.17, 15) is 4.79 Å². The SMILES string of the molecule is Cc1ccc(OCCc2nc(-c3ccccc3)oc2C)cc1.Cc1oc(-c2ccccc2)nc1CCOc1ccc(Cc2nnn(-c3ccccc3)c2OC=O)cc1. The fourth-order valence-electron chi connectivity index (χ4n) is 6.11. The molecular formula is C47H43N5O6. The van der Waals surface area contributed by atoms with Gasteiger partial charge in [-0.25, -0.2) is 9.97 Å². The van der Waals surface area contributed by atoms with Gasteiger partial charge in [0.15, 0.2) is 0 Å². The van der Waals surface area contributed by atoms with E-state index < -0.39 is 0 Å². The third-order valence-corrected chi connectivity index (χ3v) is 9.21. The first-order valence-electron chi connectivity index (χ1n) is 19.0. The van der Waals surface area contributed by atoms with Crippen molar-refractivity contribution in [2.24, 2.45) is 0 Å². The predicted molar refractivity (Wildman–Crippen MR) is 220 cm³/mol. The minimum Gasteiger partial charge on any atom is -0.493 e. The van der Waals surface area contributed by atoms with Gasteiger partial charge in [-0.2, -0.15) is 4.68 Å². The molecule has 0 fully saturated rings. The van der Waals surface area contributed by atoms with Crippen molar-refractivity contribution in [2.45, 2.75) is 40.0 Å². The number of oxazole rings is 2. The first-order valence-corrected chi connectivity index (χ1v) is 19.0. The number of ether oxygens (including phenoxy) is 3. The first-order chi connectivity index (χ1) is 28.4. The van der Waals surface area contributed by atoms with E-state index in [4.69, 9.17) is 23.0 Å². The number of aryl methyl sites for hydroxylation is 3. The number of benzene rings is 5. The van der Waals surface area contributed by atoms with Gasteiger partial charge in [-0.3, -0.25) is 4.79 Å². The van der Waals surface area contributed by atoms with Crippen molar-refractivity contribution in [1.29, 1.82) is 0 Å². The van der Waals surface area contributed by atoms with Crippen LogP contribution in [0.1, 0.15) is 39.7 Å². The van der Waals surface area contributed by atoms with Crippen molar-refractivity contribution in [1.82, 2.24) is 25.0 Å². The summed E-state index contributed by atoms with van der Waals surface area (Å²) in [6, 6.07) is 45.0. The molecule has 3 aromatic heterocycles. The number of hydrogen-bond donors (Lipinski definition) is 0. The maximum Gasteiger partial charge on any atom is 0.299 e. The van der Waals surface area contributed by atoms with Gasteiger partial charge in [-0.05, 0) is 87.0 Å². The van der Waals surface area contributed by atoms with Crippen LogP contribution in [-0.4, -0.2) is 44.6 Å². The topological polar surface area (TPSA) is 128 Å². The van der Waals surface area contributed by atoms with Crippen molar-refractivity contribution < 1.29 is 27.8 Å². The molecule has 0 amide bonds. The summed E-state index contributed by atoms with van der Waals surface area (Å²) in [5.41, 5.74) is 7.32. The van der Waals surface area contributed by atoms with Gasteiger partial charge < -0.3 is 23.0 Å². The Labute approximate surface area is 336 Å². The molecule has 8 rings (SSSR count). The summed E-state index contributed by atoms with van der Waals surface area (Å²) in [6.45, 7) is 7.38. The number of hydrogen-bond acceptors (Lipinski definition) is 10. The number of carbonyl (C=O) groups is 1. The van der Waals surface area contributed by atoms with Crippen molar-refractivity contribution in [3.05, 3.63) is 179 Å². The van der Waals surface area contributed by atoms with Crippen molar-refractivity contribution in [3.63, 3.8) is 0 Å². The highest BCUT2D eigenvalue weighted by Crippen LogP contribution is 2.26. The summed E-state index contributed by atoms with van der Waals surface area (Å²) in [6.07, 6.45) is 1.83. The van der Waals surface area contributed by atoms with Crippen LogP contribution in [0.25, 0.3) is 28.6 Å². The molecule has 0 saturated heterocycles. The number of para-hydroxylation sites is 1. The van der Waals surface area contributed by atoms with Gasteiger partial charge in [0, 0.05) is 30.4 Å². The van der Waals surface area contributed by atoms with Crippen LogP contribution < -0.4 is 14.2 Å². The zero-order valence-corrected chi connectivity index (χ0v) is 32.6. The van der Waals surface area contributed by atoms with Crippen LogP contribution in [0.5, 0.6) is 17.4 Å². The first kappa shape index (κ1) is 39.0. The number of rotatable bonds is 15. The molecule has 0 bridgehead atoms. The predicted octanol–water partition coefficient (Wildman–Crippen LogP) is 9.56. The molecule has 11 heteroatoms. The highest BCUT2D eigenvalue weighted by molar-refractivity contribution is 5.54. The van der Waals surface area contributed by atoms with E-state index in [1.54, 1.807) is 0 Å². The van der Waals surface area contributed by atoms with Crippen molar-refractivity contribution in [2.75, 3.05) is 13.2 Å². The zero-order valence-electron chi connectivity index (χ0n) is 32.6. The lowest BCUT2D eigenvalue weighted by atomic mass is 10.1. The molecule has 0 unspecified atom stereocenters. The Hall–Kier alpha value is -7.27. The second-order valence-electron chi connectivity index (χ2n) is 13.4. The van der Waals surface area contributed by atoms with E-state index in [1.807, 2.05) is 153 Å². The third-order valence-electron chi connectivity index (χ3n) is 9.21. The highest BCUT2D eigenvalue weighted by atomic mass is 16.5. The molecule has 11 nitrogen and oxygen atoms in total. The molecule has 8 aromatic rings. The van der Waals surface area contributed by atoms with Gasteiger partial charge >= 0.3 is 0 Å². The molecule has 0 N–H and O–H groups in total. The van der Waals surface area contributed by atoms with E-state index in [2.05, 4.69) is 27.2 Å². The quantitative estimate of drug-likeness (QED) is 0.0930. The Morgan fingerprint density at radius 1 is 0.586 bits per heavy atom. The minimum absolute atomic E-state index is 0.300. The van der Waals surface area contributed by atoms with Crippen molar-refractivity contribution >= 4 is 6.47 Å². The maximum absolute atomic E-state index is 11.1. The van der Waals surface area contributed by atoms with Gasteiger partial charge in [0.05, 0.1) is 30.3 Å². The Kier molecular flexibility index (Phi) is 12.8. The maximum atomic E-state index is 11.1. The normalized spacial score (nSPS) is 10.7. The average molecular weight is 774 g/mol. The lowest BCUT2D eigenvalue weighted by molar-refractivity contribution is -0.121. The lowest BCUT2D eigenvalue weighted by Gasteiger charge is -2.07. The molecule has 58 heavy (non-hydrogen) atoms. The summed E-state index contributed by atoms with van der Waals surface area (Å²) in [4.78, 5) is 20.3. The van der Waals surface area contributed by atoms with Crippen LogP contribution in [0.3, 0.4) is 0 Å². The molecule has 0 atom stereocenters. The van der Waals surface area contributed by atoms with E-state index in [0.717, 1.165) is 63.2 Å². The Morgan fingerprint density at radius 3 is 1.57 bits per heavy atom. The average Bonchev–Trinajstić information content (AvgIpc) is 3.96. The molecule has 0 saturated carbocycles. The fraction of sp³-hybridized carbons (Fsp3) is 0.170. The van der Waals surface area contributed by atoms with Gasteiger partial charge in [0.25, 0.3) is 6.47 Å². The van der Waals surface area contributed by atoms with E-state index in [0.29, 0.717) is 55.9 Å². The molecule has 0 spiro atoms. The number of aromatic nitrogens is 5. The molecule has 0 radical (unpaired) electrons. The van der Waals surface area contributed by atoms with Crippen LogP contribution in [0, 0.1) is 20.8 Å². The minimum atomic E-state index is 0.300. The van der Waals surface area contributed by atoms with Crippen LogP contribution in [0.4, 0.5) is 0 Å². The summed E-state index contributed by atoms with van der Waals surface area (Å²) >= 11 is 0. The van der Waals surface area contributed by atoms with E-state index >= 15 is 0 Å². The van der Waals surface area contributed by atoms with Crippen LogP contribution in [-0.2, 0) is 24.1 Å². The Balaban J connectivity index is 0.000000199.